The first-order chi connectivity index (χ1) is 10.2. The van der Waals surface area contributed by atoms with Gasteiger partial charge in [0, 0.05) is 16.6 Å². The smallest absolute Gasteiger partial charge is 0.224 e. The molecule has 2 atom stereocenters. The van der Waals surface area contributed by atoms with Crippen LogP contribution in [0.4, 0.5) is 0 Å². The Labute approximate surface area is 131 Å². The zero-order chi connectivity index (χ0) is 15.1. The van der Waals surface area contributed by atoms with Crippen LogP contribution in [-0.4, -0.2) is 18.2 Å². The van der Waals surface area contributed by atoms with Gasteiger partial charge in [-0.05, 0) is 37.8 Å². The minimum Gasteiger partial charge on any atom is -0.343 e. The van der Waals surface area contributed by atoms with Gasteiger partial charge in [-0.25, -0.2) is 0 Å². The van der Waals surface area contributed by atoms with Crippen molar-refractivity contribution in [1.29, 1.82) is 5.26 Å². The highest BCUT2D eigenvalue weighted by Gasteiger charge is 2.30. The lowest BCUT2D eigenvalue weighted by Gasteiger charge is -2.30. The van der Waals surface area contributed by atoms with Crippen molar-refractivity contribution in [3.05, 3.63) is 29.8 Å². The maximum absolute atomic E-state index is 12.2. The van der Waals surface area contributed by atoms with Crippen LogP contribution >= 0.6 is 11.8 Å². The molecule has 1 aliphatic rings. The summed E-state index contributed by atoms with van der Waals surface area (Å²) in [7, 11) is 0. The first-order valence-corrected chi connectivity index (χ1v) is 8.53. The molecule has 1 fully saturated rings. The van der Waals surface area contributed by atoms with Crippen LogP contribution in [0.3, 0.4) is 0 Å². The number of nitrogens with zero attached hydrogens (tertiary/aromatic N) is 1. The SMILES string of the molecule is Cc1ccc(SCC2CCCCC2C(=O)NCC#N)cc1. The fraction of sp³-hybridized carbons (Fsp3) is 0.529. The Morgan fingerprint density at radius 2 is 2.05 bits per heavy atom. The van der Waals surface area contributed by atoms with Gasteiger partial charge in [-0.1, -0.05) is 30.5 Å². The quantitative estimate of drug-likeness (QED) is 0.668. The van der Waals surface area contributed by atoms with E-state index >= 15 is 0 Å². The van der Waals surface area contributed by atoms with Crippen molar-refractivity contribution in [1.82, 2.24) is 5.32 Å². The van der Waals surface area contributed by atoms with Crippen molar-refractivity contribution in [3.63, 3.8) is 0 Å². The molecule has 0 saturated heterocycles. The maximum atomic E-state index is 12.2. The molecule has 1 aromatic rings. The fourth-order valence-corrected chi connectivity index (χ4v) is 3.98. The minimum absolute atomic E-state index is 0.0609. The van der Waals surface area contributed by atoms with Gasteiger partial charge in [0.1, 0.15) is 6.54 Å². The lowest BCUT2D eigenvalue weighted by molar-refractivity contribution is -0.127. The van der Waals surface area contributed by atoms with Crippen LogP contribution in [0.1, 0.15) is 31.2 Å². The third-order valence-corrected chi connectivity index (χ3v) is 5.27. The van der Waals surface area contributed by atoms with Gasteiger partial charge in [0.05, 0.1) is 6.07 Å². The van der Waals surface area contributed by atoms with Crippen LogP contribution in [0.5, 0.6) is 0 Å². The van der Waals surface area contributed by atoms with Crippen LogP contribution in [0, 0.1) is 30.1 Å². The summed E-state index contributed by atoms with van der Waals surface area (Å²) in [6, 6.07) is 10.5. The van der Waals surface area contributed by atoms with Crippen LogP contribution in [0.25, 0.3) is 0 Å². The summed E-state index contributed by atoms with van der Waals surface area (Å²) in [6.07, 6.45) is 4.40. The van der Waals surface area contributed by atoms with E-state index in [1.54, 1.807) is 0 Å². The molecule has 1 amide bonds. The second kappa shape index (κ2) is 8.09. The van der Waals surface area contributed by atoms with E-state index in [4.69, 9.17) is 5.26 Å². The number of thioether (sulfide) groups is 1. The predicted molar refractivity (Wildman–Crippen MR) is 86.0 cm³/mol. The monoisotopic (exact) mass is 302 g/mol. The van der Waals surface area contributed by atoms with Gasteiger partial charge >= 0.3 is 0 Å². The van der Waals surface area contributed by atoms with Crippen LogP contribution < -0.4 is 5.32 Å². The van der Waals surface area contributed by atoms with E-state index in [2.05, 4.69) is 36.5 Å². The van der Waals surface area contributed by atoms with E-state index < -0.39 is 0 Å². The zero-order valence-electron chi connectivity index (χ0n) is 12.5. The molecule has 112 valence electrons. The van der Waals surface area contributed by atoms with Gasteiger partial charge < -0.3 is 5.32 Å². The molecule has 21 heavy (non-hydrogen) atoms. The molecule has 1 N–H and O–H groups in total. The number of amides is 1. The molecule has 0 radical (unpaired) electrons. The van der Waals surface area contributed by atoms with E-state index in [0.29, 0.717) is 5.92 Å². The van der Waals surface area contributed by atoms with E-state index in [1.807, 2.05) is 17.8 Å². The fourth-order valence-electron chi connectivity index (χ4n) is 2.85. The van der Waals surface area contributed by atoms with Gasteiger partial charge in [0.15, 0.2) is 0 Å². The second-order valence-electron chi connectivity index (χ2n) is 5.65. The Morgan fingerprint density at radius 1 is 1.33 bits per heavy atom. The topological polar surface area (TPSA) is 52.9 Å². The molecule has 1 aliphatic carbocycles. The van der Waals surface area contributed by atoms with Gasteiger partial charge in [0.25, 0.3) is 0 Å². The highest BCUT2D eigenvalue weighted by atomic mass is 32.2. The summed E-state index contributed by atoms with van der Waals surface area (Å²) in [4.78, 5) is 13.4. The summed E-state index contributed by atoms with van der Waals surface area (Å²) in [5, 5.41) is 11.3. The summed E-state index contributed by atoms with van der Waals surface area (Å²) in [5.41, 5.74) is 1.27. The third-order valence-electron chi connectivity index (χ3n) is 4.07. The number of carbonyl (C=O) groups is 1. The first kappa shape index (κ1) is 15.9. The number of hydrogen-bond acceptors (Lipinski definition) is 3. The zero-order valence-corrected chi connectivity index (χ0v) is 13.3. The van der Waals surface area contributed by atoms with E-state index in [-0.39, 0.29) is 18.4 Å². The molecule has 0 spiro atoms. The molecule has 0 heterocycles. The molecule has 2 unspecified atom stereocenters. The third kappa shape index (κ3) is 4.78. The summed E-state index contributed by atoms with van der Waals surface area (Å²) < 4.78 is 0. The molecular weight excluding hydrogens is 280 g/mol. The number of rotatable bonds is 5. The van der Waals surface area contributed by atoms with Crippen molar-refractivity contribution < 1.29 is 4.79 Å². The lowest BCUT2D eigenvalue weighted by atomic mass is 9.80. The van der Waals surface area contributed by atoms with Crippen molar-refractivity contribution in [2.45, 2.75) is 37.5 Å². The molecule has 0 aromatic heterocycles. The normalized spacial score (nSPS) is 21.5. The predicted octanol–water partition coefficient (Wildman–Crippen LogP) is 3.53. The highest BCUT2D eigenvalue weighted by Crippen LogP contribution is 2.34. The summed E-state index contributed by atoms with van der Waals surface area (Å²) >= 11 is 1.84. The standard InChI is InChI=1S/C17H22N2OS/c1-13-6-8-15(9-7-13)21-12-14-4-2-3-5-16(14)17(20)19-11-10-18/h6-9,14,16H,2-5,11-12H2,1H3,(H,19,20). The number of hydrogen-bond donors (Lipinski definition) is 1. The van der Waals surface area contributed by atoms with Crippen LogP contribution in [0.2, 0.25) is 0 Å². The molecule has 4 heteroatoms. The molecule has 1 saturated carbocycles. The number of nitriles is 1. The molecule has 0 aliphatic heterocycles. The molecular formula is C17H22N2OS. The van der Waals surface area contributed by atoms with Crippen molar-refractivity contribution in [2.75, 3.05) is 12.3 Å². The van der Waals surface area contributed by atoms with Crippen LogP contribution in [-0.2, 0) is 4.79 Å². The van der Waals surface area contributed by atoms with Crippen molar-refractivity contribution >= 4 is 17.7 Å². The van der Waals surface area contributed by atoms with Crippen molar-refractivity contribution in [2.24, 2.45) is 11.8 Å². The van der Waals surface area contributed by atoms with Crippen LogP contribution in [0.15, 0.2) is 29.2 Å². The molecule has 3 nitrogen and oxygen atoms in total. The highest BCUT2D eigenvalue weighted by molar-refractivity contribution is 7.99. The Balaban J connectivity index is 1.91. The summed E-state index contributed by atoms with van der Waals surface area (Å²) in [6.45, 7) is 2.21. The van der Waals surface area contributed by atoms with Gasteiger partial charge in [-0.15, -0.1) is 11.8 Å². The van der Waals surface area contributed by atoms with Crippen molar-refractivity contribution in [3.8, 4) is 6.07 Å². The van der Waals surface area contributed by atoms with Gasteiger partial charge in [-0.2, -0.15) is 5.26 Å². The molecule has 2 rings (SSSR count). The first-order valence-electron chi connectivity index (χ1n) is 7.55. The number of benzene rings is 1. The van der Waals surface area contributed by atoms with Gasteiger partial charge in [-0.3, -0.25) is 4.79 Å². The Bertz CT molecular complexity index is 507. The maximum Gasteiger partial charge on any atom is 0.224 e. The number of carbonyl (C=O) groups excluding carboxylic acids is 1. The summed E-state index contributed by atoms with van der Waals surface area (Å²) in [5.74, 6) is 1.54. The average molecular weight is 302 g/mol. The largest absolute Gasteiger partial charge is 0.343 e. The Morgan fingerprint density at radius 3 is 2.76 bits per heavy atom. The lowest BCUT2D eigenvalue weighted by Crippen LogP contribution is -2.37. The molecule has 1 aromatic carbocycles. The van der Waals surface area contributed by atoms with E-state index in [1.165, 1.54) is 16.9 Å². The second-order valence-corrected chi connectivity index (χ2v) is 6.74. The average Bonchev–Trinajstić information content (AvgIpc) is 2.52. The van der Waals surface area contributed by atoms with E-state index in [9.17, 15) is 4.79 Å². The molecule has 0 bridgehead atoms. The minimum atomic E-state index is 0.0609. The Kier molecular flexibility index (Phi) is 6.13. The van der Waals surface area contributed by atoms with E-state index in [0.717, 1.165) is 25.0 Å². The number of nitrogens with one attached hydrogen (secondary N) is 1. The van der Waals surface area contributed by atoms with Gasteiger partial charge in [0.2, 0.25) is 5.91 Å². The Hall–Kier alpha value is -1.47. The number of aryl methyl sites for hydroxylation is 1.